The molecular formula is C12H14ClNO3. The van der Waals surface area contributed by atoms with Gasteiger partial charge in [0.25, 0.3) is 0 Å². The summed E-state index contributed by atoms with van der Waals surface area (Å²) in [7, 11) is 1.26. The van der Waals surface area contributed by atoms with Crippen molar-refractivity contribution in [3.63, 3.8) is 0 Å². The third kappa shape index (κ3) is 3.47. The minimum absolute atomic E-state index is 0.0528. The Morgan fingerprint density at radius 3 is 2.88 bits per heavy atom. The minimum Gasteiger partial charge on any atom is -0.466 e. The molecule has 0 aliphatic carbocycles. The van der Waals surface area contributed by atoms with Crippen LogP contribution in [0.3, 0.4) is 0 Å². The van der Waals surface area contributed by atoms with Gasteiger partial charge in [0.15, 0.2) is 0 Å². The van der Waals surface area contributed by atoms with E-state index < -0.39 is 12.1 Å². The molecule has 0 aromatic heterocycles. The third-order valence-corrected chi connectivity index (χ3v) is 2.56. The molecule has 0 aliphatic rings. The molecule has 1 unspecified atom stereocenters. The van der Waals surface area contributed by atoms with E-state index in [4.69, 9.17) is 17.3 Å². The van der Waals surface area contributed by atoms with Crippen LogP contribution in [0, 0.1) is 0 Å². The number of ether oxygens (including phenoxy) is 1. The number of methoxy groups -OCH3 is 1. The monoisotopic (exact) mass is 255 g/mol. The summed E-state index contributed by atoms with van der Waals surface area (Å²) >= 11 is 5.81. The number of halogens is 1. The molecule has 0 saturated heterocycles. The molecule has 0 aliphatic heterocycles. The zero-order chi connectivity index (χ0) is 13.0. The number of benzene rings is 1. The van der Waals surface area contributed by atoms with Crippen LogP contribution in [0.25, 0.3) is 0 Å². The second-order valence-corrected chi connectivity index (χ2v) is 4.02. The van der Waals surface area contributed by atoms with E-state index in [0.29, 0.717) is 16.3 Å². The largest absolute Gasteiger partial charge is 0.466 e. The van der Waals surface area contributed by atoms with E-state index in [0.717, 1.165) is 0 Å². The molecule has 1 aromatic rings. The Kier molecular flexibility index (Phi) is 4.54. The Balaban J connectivity index is 2.83. The van der Waals surface area contributed by atoms with Crippen LogP contribution < -0.4 is 5.73 Å². The van der Waals surface area contributed by atoms with Crippen molar-refractivity contribution in [1.82, 2.24) is 0 Å². The quantitative estimate of drug-likeness (QED) is 0.491. The lowest BCUT2D eigenvalue weighted by Crippen LogP contribution is -2.09. The first-order chi connectivity index (χ1) is 7.95. The summed E-state index contributed by atoms with van der Waals surface area (Å²) in [6.45, 7) is 3.53. The van der Waals surface area contributed by atoms with Gasteiger partial charge in [0.05, 0.1) is 13.2 Å². The Labute approximate surface area is 105 Å². The molecule has 0 fully saturated rings. The standard InChI is InChI=1S/C12H14ClNO3/c1-7(12(16)17-2)5-11(15)9-6-8(13)3-4-10(9)14/h3-4,6,11,15H,1,5,14H2,2H3. The molecule has 3 N–H and O–H groups in total. The Morgan fingerprint density at radius 2 is 2.29 bits per heavy atom. The number of esters is 1. The highest BCUT2D eigenvalue weighted by atomic mass is 35.5. The van der Waals surface area contributed by atoms with Crippen LogP contribution in [0.1, 0.15) is 18.1 Å². The number of nitrogens with two attached hydrogens (primary N) is 1. The van der Waals surface area contributed by atoms with Crippen molar-refractivity contribution in [1.29, 1.82) is 0 Å². The van der Waals surface area contributed by atoms with Crippen LogP contribution >= 0.6 is 11.6 Å². The van der Waals surface area contributed by atoms with E-state index >= 15 is 0 Å². The van der Waals surface area contributed by atoms with E-state index in [1.807, 2.05) is 0 Å². The molecular weight excluding hydrogens is 242 g/mol. The fourth-order valence-electron chi connectivity index (χ4n) is 1.41. The van der Waals surface area contributed by atoms with Crippen molar-refractivity contribution in [3.8, 4) is 0 Å². The van der Waals surface area contributed by atoms with Gasteiger partial charge in [-0.15, -0.1) is 0 Å². The Hall–Kier alpha value is -1.52. The number of aliphatic hydroxyl groups is 1. The van der Waals surface area contributed by atoms with Gasteiger partial charge in [0.1, 0.15) is 0 Å². The van der Waals surface area contributed by atoms with Crippen molar-refractivity contribution in [2.45, 2.75) is 12.5 Å². The number of carbonyl (C=O) groups excluding carboxylic acids is 1. The molecule has 1 aromatic carbocycles. The smallest absolute Gasteiger partial charge is 0.333 e. The summed E-state index contributed by atoms with van der Waals surface area (Å²) < 4.78 is 4.50. The van der Waals surface area contributed by atoms with E-state index in [-0.39, 0.29) is 12.0 Å². The highest BCUT2D eigenvalue weighted by Crippen LogP contribution is 2.28. The van der Waals surface area contributed by atoms with Crippen LogP contribution in [0.5, 0.6) is 0 Å². The summed E-state index contributed by atoms with van der Waals surface area (Å²) in [5.41, 5.74) is 6.78. The fraction of sp³-hybridized carbons (Fsp3) is 0.250. The summed E-state index contributed by atoms with van der Waals surface area (Å²) in [6, 6.07) is 4.79. The first-order valence-electron chi connectivity index (χ1n) is 4.94. The Bertz CT molecular complexity index is 445. The second-order valence-electron chi connectivity index (χ2n) is 3.59. The first kappa shape index (κ1) is 13.5. The molecule has 1 rings (SSSR count). The van der Waals surface area contributed by atoms with E-state index in [1.165, 1.54) is 7.11 Å². The summed E-state index contributed by atoms with van der Waals surface area (Å²) in [5.74, 6) is -0.551. The average molecular weight is 256 g/mol. The number of hydrogen-bond donors (Lipinski definition) is 2. The van der Waals surface area contributed by atoms with Gasteiger partial charge in [0, 0.05) is 28.3 Å². The van der Waals surface area contributed by atoms with Crippen LogP contribution in [0.15, 0.2) is 30.4 Å². The van der Waals surface area contributed by atoms with Gasteiger partial charge in [-0.05, 0) is 18.2 Å². The van der Waals surface area contributed by atoms with Gasteiger partial charge in [0.2, 0.25) is 0 Å². The van der Waals surface area contributed by atoms with Crippen molar-refractivity contribution >= 4 is 23.3 Å². The number of aliphatic hydroxyl groups excluding tert-OH is 1. The minimum atomic E-state index is -0.930. The zero-order valence-electron chi connectivity index (χ0n) is 9.44. The molecule has 1 atom stereocenters. The number of anilines is 1. The average Bonchev–Trinajstić information content (AvgIpc) is 2.30. The van der Waals surface area contributed by atoms with Crippen molar-refractivity contribution in [2.24, 2.45) is 0 Å². The molecule has 17 heavy (non-hydrogen) atoms. The predicted molar refractivity (Wildman–Crippen MR) is 66.6 cm³/mol. The predicted octanol–water partition coefficient (Wildman–Crippen LogP) is 2.07. The molecule has 4 nitrogen and oxygen atoms in total. The maximum Gasteiger partial charge on any atom is 0.333 e. The number of nitrogen functional groups attached to an aromatic ring is 1. The highest BCUT2D eigenvalue weighted by Gasteiger charge is 2.16. The van der Waals surface area contributed by atoms with Crippen molar-refractivity contribution < 1.29 is 14.6 Å². The summed E-state index contributed by atoms with van der Waals surface area (Å²) in [6.07, 6.45) is -0.877. The molecule has 5 heteroatoms. The molecule has 0 spiro atoms. The molecule has 0 amide bonds. The van der Waals surface area contributed by atoms with Crippen LogP contribution in [0.4, 0.5) is 5.69 Å². The number of hydrogen-bond acceptors (Lipinski definition) is 4. The lowest BCUT2D eigenvalue weighted by atomic mass is 10.0. The first-order valence-corrected chi connectivity index (χ1v) is 5.32. The normalized spacial score (nSPS) is 11.9. The molecule has 0 bridgehead atoms. The summed E-state index contributed by atoms with van der Waals surface area (Å²) in [4.78, 5) is 11.1. The topological polar surface area (TPSA) is 72.5 Å². The van der Waals surface area contributed by atoms with Crippen LogP contribution in [0.2, 0.25) is 5.02 Å². The van der Waals surface area contributed by atoms with E-state index in [9.17, 15) is 9.90 Å². The number of carbonyl (C=O) groups is 1. The Morgan fingerprint density at radius 1 is 1.65 bits per heavy atom. The second kappa shape index (κ2) is 5.70. The fourth-order valence-corrected chi connectivity index (χ4v) is 1.59. The van der Waals surface area contributed by atoms with Crippen LogP contribution in [-0.2, 0) is 9.53 Å². The lowest BCUT2D eigenvalue weighted by molar-refractivity contribution is -0.136. The summed E-state index contributed by atoms with van der Waals surface area (Å²) in [5, 5.41) is 10.4. The lowest BCUT2D eigenvalue weighted by Gasteiger charge is -2.14. The maximum atomic E-state index is 11.1. The van der Waals surface area contributed by atoms with Gasteiger partial charge in [-0.3, -0.25) is 0 Å². The van der Waals surface area contributed by atoms with Gasteiger partial charge < -0.3 is 15.6 Å². The van der Waals surface area contributed by atoms with Crippen molar-refractivity contribution in [3.05, 3.63) is 40.9 Å². The van der Waals surface area contributed by atoms with Gasteiger partial charge in [-0.25, -0.2) is 4.79 Å². The zero-order valence-corrected chi connectivity index (χ0v) is 10.2. The van der Waals surface area contributed by atoms with E-state index in [1.54, 1.807) is 18.2 Å². The molecule has 92 valence electrons. The molecule has 0 saturated carbocycles. The van der Waals surface area contributed by atoms with Gasteiger partial charge in [-0.2, -0.15) is 0 Å². The maximum absolute atomic E-state index is 11.1. The van der Waals surface area contributed by atoms with E-state index in [2.05, 4.69) is 11.3 Å². The third-order valence-electron chi connectivity index (χ3n) is 2.32. The molecule has 0 heterocycles. The highest BCUT2D eigenvalue weighted by molar-refractivity contribution is 6.30. The SMILES string of the molecule is C=C(CC(O)c1cc(Cl)ccc1N)C(=O)OC. The van der Waals surface area contributed by atoms with Crippen molar-refractivity contribution in [2.75, 3.05) is 12.8 Å². The van der Waals surface area contributed by atoms with Gasteiger partial charge in [-0.1, -0.05) is 18.2 Å². The molecule has 0 radical (unpaired) electrons. The van der Waals surface area contributed by atoms with Gasteiger partial charge >= 0.3 is 5.97 Å². The number of rotatable bonds is 4. The van der Waals surface area contributed by atoms with Crippen LogP contribution in [-0.4, -0.2) is 18.2 Å².